The van der Waals surface area contributed by atoms with Crippen molar-refractivity contribution in [2.45, 2.75) is 13.0 Å². The Hall–Kier alpha value is -2.33. The molecule has 3 aromatic rings. The normalized spacial score (nSPS) is 10.9. The highest BCUT2D eigenvalue weighted by Crippen LogP contribution is 2.12. The number of hydrogen-bond donors (Lipinski definition) is 1. The van der Waals surface area contributed by atoms with Crippen LogP contribution in [0.4, 0.5) is 0 Å². The first kappa shape index (κ1) is 13.6. The molecule has 21 heavy (non-hydrogen) atoms. The summed E-state index contributed by atoms with van der Waals surface area (Å²) in [7, 11) is 1.69. The van der Waals surface area contributed by atoms with Crippen LogP contribution in [0.3, 0.4) is 0 Å². The molecule has 0 unspecified atom stereocenters. The van der Waals surface area contributed by atoms with Crippen molar-refractivity contribution >= 4 is 5.52 Å². The Morgan fingerprint density at radius 1 is 1.14 bits per heavy atom. The lowest BCUT2D eigenvalue weighted by molar-refractivity contribution is 0.414. The van der Waals surface area contributed by atoms with E-state index in [0.29, 0.717) is 0 Å². The molecule has 0 aliphatic carbocycles. The van der Waals surface area contributed by atoms with Crippen molar-refractivity contribution in [3.8, 4) is 5.75 Å². The fraction of sp³-hybridized carbons (Fsp3) is 0.235. The lowest BCUT2D eigenvalue weighted by Gasteiger charge is -2.05. The Morgan fingerprint density at radius 3 is 2.81 bits per heavy atom. The van der Waals surface area contributed by atoms with Gasteiger partial charge in [0.15, 0.2) is 0 Å². The highest BCUT2D eigenvalue weighted by Gasteiger charge is 2.02. The molecule has 0 saturated carbocycles. The van der Waals surface area contributed by atoms with Gasteiger partial charge in [0.25, 0.3) is 0 Å². The molecule has 1 N–H and O–H groups in total. The quantitative estimate of drug-likeness (QED) is 0.706. The lowest BCUT2D eigenvalue weighted by atomic mass is 10.1. The van der Waals surface area contributed by atoms with Crippen molar-refractivity contribution in [1.82, 2.24) is 14.9 Å². The molecule has 0 spiro atoms. The van der Waals surface area contributed by atoms with E-state index in [9.17, 15) is 0 Å². The van der Waals surface area contributed by atoms with E-state index in [0.717, 1.165) is 30.8 Å². The molecule has 0 aliphatic heterocycles. The van der Waals surface area contributed by atoms with Gasteiger partial charge in [0.2, 0.25) is 0 Å². The van der Waals surface area contributed by atoms with Crippen molar-refractivity contribution in [1.29, 1.82) is 0 Å². The molecule has 2 heterocycles. The van der Waals surface area contributed by atoms with Crippen LogP contribution in [-0.4, -0.2) is 23.3 Å². The van der Waals surface area contributed by atoms with Crippen LogP contribution in [0.1, 0.15) is 11.1 Å². The average molecular weight is 281 g/mol. The van der Waals surface area contributed by atoms with Gasteiger partial charge in [-0.05, 0) is 42.8 Å². The molecule has 1 aromatic carbocycles. The zero-order valence-electron chi connectivity index (χ0n) is 12.1. The minimum Gasteiger partial charge on any atom is -0.497 e. The highest BCUT2D eigenvalue weighted by atomic mass is 16.5. The van der Waals surface area contributed by atoms with Gasteiger partial charge in [-0.2, -0.15) is 5.10 Å². The standard InChI is InChI=1S/C17H19N3O/c1-21-16-7-5-14(6-8-16)9-10-18-12-15-13-19-20-11-3-2-4-17(15)20/h2-8,11,13,18H,9-10,12H2,1H3. The number of rotatable bonds is 6. The Morgan fingerprint density at radius 2 is 2.00 bits per heavy atom. The summed E-state index contributed by atoms with van der Waals surface area (Å²) in [6.07, 6.45) is 4.90. The van der Waals surface area contributed by atoms with E-state index in [4.69, 9.17) is 4.74 Å². The molecule has 0 saturated heterocycles. The van der Waals surface area contributed by atoms with E-state index >= 15 is 0 Å². The summed E-state index contributed by atoms with van der Waals surface area (Å²) >= 11 is 0. The van der Waals surface area contributed by atoms with Crippen molar-refractivity contribution < 1.29 is 4.74 Å². The number of pyridine rings is 1. The SMILES string of the molecule is COc1ccc(CCNCc2cnn3ccccc23)cc1. The van der Waals surface area contributed by atoms with Gasteiger partial charge >= 0.3 is 0 Å². The zero-order chi connectivity index (χ0) is 14.5. The van der Waals surface area contributed by atoms with E-state index in [1.807, 2.05) is 41.2 Å². The number of nitrogens with one attached hydrogen (secondary N) is 1. The summed E-state index contributed by atoms with van der Waals surface area (Å²) in [5.41, 5.74) is 3.70. The summed E-state index contributed by atoms with van der Waals surface area (Å²) in [5.74, 6) is 0.901. The fourth-order valence-electron chi connectivity index (χ4n) is 2.37. The number of aromatic nitrogens is 2. The zero-order valence-corrected chi connectivity index (χ0v) is 12.1. The maximum atomic E-state index is 5.16. The van der Waals surface area contributed by atoms with E-state index in [1.54, 1.807) is 7.11 Å². The summed E-state index contributed by atoms with van der Waals surface area (Å²) in [4.78, 5) is 0. The van der Waals surface area contributed by atoms with Crippen LogP contribution in [0.15, 0.2) is 54.9 Å². The molecule has 0 amide bonds. The van der Waals surface area contributed by atoms with Crippen LogP contribution >= 0.6 is 0 Å². The fourth-order valence-corrected chi connectivity index (χ4v) is 2.37. The van der Waals surface area contributed by atoms with Crippen molar-refractivity contribution in [3.63, 3.8) is 0 Å². The third kappa shape index (κ3) is 3.23. The summed E-state index contributed by atoms with van der Waals surface area (Å²) in [6.45, 7) is 1.78. The Bertz CT molecular complexity index is 703. The van der Waals surface area contributed by atoms with Gasteiger partial charge in [-0.1, -0.05) is 18.2 Å². The number of nitrogens with zero attached hydrogens (tertiary/aromatic N) is 2. The summed E-state index contributed by atoms with van der Waals surface area (Å²) in [6, 6.07) is 14.3. The molecule has 4 heteroatoms. The summed E-state index contributed by atoms with van der Waals surface area (Å²) < 4.78 is 7.06. The minimum absolute atomic E-state index is 0.837. The molecule has 0 radical (unpaired) electrons. The predicted molar refractivity (Wildman–Crippen MR) is 83.6 cm³/mol. The van der Waals surface area contributed by atoms with Crippen molar-refractivity contribution in [2.24, 2.45) is 0 Å². The van der Waals surface area contributed by atoms with Crippen LogP contribution in [0.2, 0.25) is 0 Å². The van der Waals surface area contributed by atoms with Crippen LogP contribution < -0.4 is 10.1 Å². The minimum atomic E-state index is 0.837. The first-order chi connectivity index (χ1) is 10.4. The highest BCUT2D eigenvalue weighted by molar-refractivity contribution is 5.53. The van der Waals surface area contributed by atoms with Crippen LogP contribution in [0, 0.1) is 0 Å². The second-order valence-corrected chi connectivity index (χ2v) is 4.98. The number of fused-ring (bicyclic) bond motifs is 1. The second-order valence-electron chi connectivity index (χ2n) is 4.98. The monoisotopic (exact) mass is 281 g/mol. The molecule has 108 valence electrons. The lowest BCUT2D eigenvalue weighted by Crippen LogP contribution is -2.16. The van der Waals surface area contributed by atoms with E-state index < -0.39 is 0 Å². The van der Waals surface area contributed by atoms with Crippen molar-refractivity contribution in [2.75, 3.05) is 13.7 Å². The molecule has 0 atom stereocenters. The smallest absolute Gasteiger partial charge is 0.118 e. The number of methoxy groups -OCH3 is 1. The molecule has 0 aliphatic rings. The topological polar surface area (TPSA) is 38.6 Å². The molecule has 2 aromatic heterocycles. The predicted octanol–water partition coefficient (Wildman–Crippen LogP) is 2.68. The Labute approximate surface area is 124 Å². The third-order valence-electron chi connectivity index (χ3n) is 3.57. The van der Waals surface area contributed by atoms with Gasteiger partial charge in [0.1, 0.15) is 5.75 Å². The van der Waals surface area contributed by atoms with Crippen LogP contribution in [0.5, 0.6) is 5.75 Å². The van der Waals surface area contributed by atoms with Gasteiger partial charge in [-0.3, -0.25) is 0 Å². The Balaban J connectivity index is 1.51. The summed E-state index contributed by atoms with van der Waals surface area (Å²) in [5, 5.41) is 7.81. The molecule has 4 nitrogen and oxygen atoms in total. The van der Waals surface area contributed by atoms with Gasteiger partial charge in [-0.25, -0.2) is 4.52 Å². The molecular formula is C17H19N3O. The van der Waals surface area contributed by atoms with E-state index in [2.05, 4.69) is 28.6 Å². The molecular weight excluding hydrogens is 262 g/mol. The van der Waals surface area contributed by atoms with E-state index in [-0.39, 0.29) is 0 Å². The van der Waals surface area contributed by atoms with Gasteiger partial charge in [-0.15, -0.1) is 0 Å². The third-order valence-corrected chi connectivity index (χ3v) is 3.57. The first-order valence-electron chi connectivity index (χ1n) is 7.12. The maximum absolute atomic E-state index is 5.16. The second kappa shape index (κ2) is 6.41. The van der Waals surface area contributed by atoms with Gasteiger partial charge < -0.3 is 10.1 Å². The van der Waals surface area contributed by atoms with Crippen LogP contribution in [0.25, 0.3) is 5.52 Å². The molecule has 0 bridgehead atoms. The average Bonchev–Trinajstić information content (AvgIpc) is 2.95. The maximum Gasteiger partial charge on any atom is 0.118 e. The van der Waals surface area contributed by atoms with E-state index in [1.165, 1.54) is 11.1 Å². The molecule has 3 rings (SSSR count). The largest absolute Gasteiger partial charge is 0.497 e. The number of hydrogen-bond acceptors (Lipinski definition) is 3. The molecule has 0 fully saturated rings. The number of ether oxygens (including phenoxy) is 1. The van der Waals surface area contributed by atoms with Crippen molar-refractivity contribution in [3.05, 3.63) is 66.0 Å². The first-order valence-corrected chi connectivity index (χ1v) is 7.12. The number of benzene rings is 1. The van der Waals surface area contributed by atoms with Crippen LogP contribution in [-0.2, 0) is 13.0 Å². The van der Waals surface area contributed by atoms with Gasteiger partial charge in [0, 0.05) is 18.3 Å². The Kier molecular flexibility index (Phi) is 4.17. The van der Waals surface area contributed by atoms with Gasteiger partial charge in [0.05, 0.1) is 18.8 Å².